The van der Waals surface area contributed by atoms with Crippen LogP contribution in [0.1, 0.15) is 41.7 Å². The number of benzene rings is 1. The molecule has 8 nitrogen and oxygen atoms in total. The average Bonchev–Trinajstić information content (AvgIpc) is 3.46. The van der Waals surface area contributed by atoms with Gasteiger partial charge in [-0.1, -0.05) is 0 Å². The van der Waals surface area contributed by atoms with Crippen molar-refractivity contribution in [1.29, 1.82) is 0 Å². The van der Waals surface area contributed by atoms with E-state index in [0.717, 1.165) is 36.5 Å². The minimum atomic E-state index is -0.481. The van der Waals surface area contributed by atoms with Gasteiger partial charge in [-0.15, -0.1) is 0 Å². The summed E-state index contributed by atoms with van der Waals surface area (Å²) in [5.74, 6) is 0.168. The van der Waals surface area contributed by atoms with Gasteiger partial charge in [0.1, 0.15) is 5.52 Å². The van der Waals surface area contributed by atoms with Crippen molar-refractivity contribution in [3.05, 3.63) is 53.9 Å². The molecule has 2 N–H and O–H groups in total. The molecule has 1 atom stereocenters. The number of pyridine rings is 1. The van der Waals surface area contributed by atoms with Gasteiger partial charge in [0.2, 0.25) is 0 Å². The Labute approximate surface area is 202 Å². The highest BCUT2D eigenvalue weighted by Gasteiger charge is 2.57. The number of halogens is 1. The van der Waals surface area contributed by atoms with Gasteiger partial charge in [0.25, 0.3) is 5.91 Å². The van der Waals surface area contributed by atoms with E-state index in [9.17, 15) is 9.18 Å². The summed E-state index contributed by atoms with van der Waals surface area (Å²) in [4.78, 5) is 19.8. The highest BCUT2D eigenvalue weighted by molar-refractivity contribution is 6.13. The zero-order valence-electron chi connectivity index (χ0n) is 19.9. The molecule has 8 rings (SSSR count). The fourth-order valence-electron chi connectivity index (χ4n) is 6.30. The molecule has 9 heteroatoms. The molecule has 35 heavy (non-hydrogen) atoms. The fourth-order valence-corrected chi connectivity index (χ4v) is 6.30. The molecule has 4 aromatic rings. The van der Waals surface area contributed by atoms with E-state index >= 15 is 0 Å². The normalized spacial score (nSPS) is 25.2. The van der Waals surface area contributed by atoms with Crippen LogP contribution in [0.2, 0.25) is 0 Å². The molecule has 3 aliphatic carbocycles. The number of carbonyl (C=O) groups excluding carboxylic acids is 1. The largest absolute Gasteiger partial charge is 0.369 e. The molecule has 1 aliphatic heterocycles. The molecular formula is C26H28FN7O. The lowest BCUT2D eigenvalue weighted by atomic mass is 9.49. The number of anilines is 2. The third-order valence-corrected chi connectivity index (χ3v) is 7.97. The van der Waals surface area contributed by atoms with Crippen LogP contribution in [0, 0.1) is 18.7 Å². The van der Waals surface area contributed by atoms with Crippen LogP contribution in [0.5, 0.6) is 0 Å². The van der Waals surface area contributed by atoms with Gasteiger partial charge < -0.3 is 19.9 Å². The second kappa shape index (κ2) is 7.27. The molecule has 1 saturated heterocycles. The second-order valence-electron chi connectivity index (χ2n) is 10.7. The quantitative estimate of drug-likeness (QED) is 0.463. The molecule has 1 amide bonds. The molecule has 2 bridgehead atoms. The Morgan fingerprint density at radius 3 is 2.80 bits per heavy atom. The van der Waals surface area contributed by atoms with Crippen molar-refractivity contribution in [1.82, 2.24) is 24.5 Å². The predicted molar refractivity (Wildman–Crippen MR) is 132 cm³/mol. The summed E-state index contributed by atoms with van der Waals surface area (Å²) >= 11 is 0. The maximum absolute atomic E-state index is 14.5. The summed E-state index contributed by atoms with van der Waals surface area (Å²) in [7, 11) is 1.87. The summed E-state index contributed by atoms with van der Waals surface area (Å²) in [5, 5.41) is 12.3. The number of fused-ring (bicyclic) bond motifs is 2. The van der Waals surface area contributed by atoms with E-state index in [0.29, 0.717) is 34.0 Å². The van der Waals surface area contributed by atoms with Crippen LogP contribution >= 0.6 is 0 Å². The second-order valence-corrected chi connectivity index (χ2v) is 10.7. The van der Waals surface area contributed by atoms with Crippen LogP contribution in [0.15, 0.2) is 36.8 Å². The lowest BCUT2D eigenvalue weighted by molar-refractivity contribution is -0.0572. The van der Waals surface area contributed by atoms with Crippen molar-refractivity contribution >= 4 is 33.8 Å². The zero-order chi connectivity index (χ0) is 23.9. The van der Waals surface area contributed by atoms with Gasteiger partial charge in [0.05, 0.1) is 16.9 Å². The highest BCUT2D eigenvalue weighted by Crippen LogP contribution is 2.57. The lowest BCUT2D eigenvalue weighted by Crippen LogP contribution is -2.69. The number of aromatic nitrogens is 4. The van der Waals surface area contributed by atoms with E-state index in [2.05, 4.69) is 25.6 Å². The van der Waals surface area contributed by atoms with E-state index in [1.165, 1.54) is 25.3 Å². The van der Waals surface area contributed by atoms with Crippen molar-refractivity contribution in [3.8, 4) is 0 Å². The van der Waals surface area contributed by atoms with E-state index in [-0.39, 0.29) is 11.6 Å². The molecular weight excluding hydrogens is 445 g/mol. The molecule has 180 valence electrons. The fraction of sp³-hybridized carbons (Fsp3) is 0.423. The van der Waals surface area contributed by atoms with E-state index in [1.807, 2.05) is 25.4 Å². The van der Waals surface area contributed by atoms with Gasteiger partial charge in [-0.3, -0.25) is 9.48 Å². The number of amides is 1. The first-order chi connectivity index (χ1) is 16.9. The van der Waals surface area contributed by atoms with Crippen LogP contribution in [0.25, 0.3) is 16.6 Å². The Morgan fingerprint density at radius 1 is 1.20 bits per heavy atom. The smallest absolute Gasteiger partial charge is 0.257 e. The first-order valence-corrected chi connectivity index (χ1v) is 12.3. The van der Waals surface area contributed by atoms with Crippen molar-refractivity contribution < 1.29 is 9.18 Å². The van der Waals surface area contributed by atoms with Gasteiger partial charge in [0, 0.05) is 67.4 Å². The van der Waals surface area contributed by atoms with Crippen molar-refractivity contribution in [2.45, 2.75) is 44.2 Å². The van der Waals surface area contributed by atoms with Crippen LogP contribution in [-0.2, 0) is 7.05 Å². The minimum absolute atomic E-state index is 0.240. The maximum atomic E-state index is 14.5. The van der Waals surface area contributed by atoms with Crippen LogP contribution < -0.4 is 15.5 Å². The maximum Gasteiger partial charge on any atom is 0.257 e. The molecule has 0 spiro atoms. The number of nitrogens with zero attached hydrogens (tertiary/aromatic N) is 5. The van der Waals surface area contributed by atoms with Crippen molar-refractivity contribution in [2.24, 2.45) is 13.0 Å². The lowest BCUT2D eigenvalue weighted by Gasteiger charge is -2.63. The average molecular weight is 474 g/mol. The summed E-state index contributed by atoms with van der Waals surface area (Å²) in [6.45, 7) is 3.75. The Bertz CT molecular complexity index is 1490. The first-order valence-electron chi connectivity index (χ1n) is 12.3. The van der Waals surface area contributed by atoms with Gasteiger partial charge in [-0.05, 0) is 50.7 Å². The summed E-state index contributed by atoms with van der Waals surface area (Å²) in [5.41, 5.74) is 3.97. The number of aryl methyl sites for hydroxylation is 2. The number of imidazole rings is 1. The predicted octanol–water partition coefficient (Wildman–Crippen LogP) is 3.64. The molecule has 4 aliphatic rings. The highest BCUT2D eigenvalue weighted by atomic mass is 19.1. The summed E-state index contributed by atoms with van der Waals surface area (Å²) < 4.78 is 17.8. The number of nitrogens with one attached hydrogen (secondary N) is 2. The molecule has 4 heterocycles. The molecule has 0 unspecified atom stereocenters. The van der Waals surface area contributed by atoms with Crippen molar-refractivity contribution in [3.63, 3.8) is 0 Å². The Hall–Kier alpha value is -3.46. The van der Waals surface area contributed by atoms with Gasteiger partial charge in [0.15, 0.2) is 11.5 Å². The summed E-state index contributed by atoms with van der Waals surface area (Å²) in [6, 6.07) is 5.65. The van der Waals surface area contributed by atoms with E-state index in [1.54, 1.807) is 28.4 Å². The number of rotatable bonds is 5. The van der Waals surface area contributed by atoms with Gasteiger partial charge in [-0.25, -0.2) is 9.37 Å². The molecule has 3 saturated carbocycles. The number of carbonyl (C=O) groups is 1. The summed E-state index contributed by atoms with van der Waals surface area (Å²) in [6.07, 6.45) is 10.5. The Morgan fingerprint density at radius 2 is 2.03 bits per heavy atom. The molecule has 3 aromatic heterocycles. The standard InChI is InChI=1S/C26H28FN7O/c1-15-11-34-13-18(7-21(27)24(34)28-15)29-25(35)19-3-4-22(20-14-32(2)31-23(19)20)33-6-5-17(12-33)30-26-8-16(9-26)10-26/h3-4,7,11,13-14,16-17,30H,5-6,8-10,12H2,1-2H3,(H,29,35)/t16?,17-,26?/m1/s1. The number of hydrogen-bond donors (Lipinski definition) is 2. The van der Waals surface area contributed by atoms with Crippen LogP contribution in [-0.4, -0.2) is 49.7 Å². The minimum Gasteiger partial charge on any atom is -0.369 e. The van der Waals surface area contributed by atoms with E-state index in [4.69, 9.17) is 0 Å². The molecule has 0 radical (unpaired) electrons. The van der Waals surface area contributed by atoms with Crippen LogP contribution in [0.3, 0.4) is 0 Å². The first kappa shape index (κ1) is 20.9. The van der Waals surface area contributed by atoms with Gasteiger partial charge >= 0.3 is 0 Å². The third kappa shape index (κ3) is 3.32. The SMILES string of the molecule is Cc1cn2cc(NC(=O)c3ccc(N4CC[C@@H](NC56CC(C5)C6)C4)c4cn(C)nc34)cc(F)c2n1. The Kier molecular flexibility index (Phi) is 4.34. The van der Waals surface area contributed by atoms with Crippen molar-refractivity contribution in [2.75, 3.05) is 23.3 Å². The van der Waals surface area contributed by atoms with Gasteiger partial charge in [-0.2, -0.15) is 5.10 Å². The Balaban J connectivity index is 1.15. The molecule has 1 aromatic carbocycles. The number of hydrogen-bond acceptors (Lipinski definition) is 5. The molecule has 4 fully saturated rings. The topological polar surface area (TPSA) is 79.5 Å². The van der Waals surface area contributed by atoms with E-state index < -0.39 is 5.82 Å². The monoisotopic (exact) mass is 473 g/mol. The zero-order valence-corrected chi connectivity index (χ0v) is 19.9. The van der Waals surface area contributed by atoms with Crippen LogP contribution in [0.4, 0.5) is 15.8 Å². The third-order valence-electron chi connectivity index (χ3n) is 7.97.